The molecule has 110 valence electrons. The van der Waals surface area contributed by atoms with Crippen molar-refractivity contribution in [2.45, 2.75) is 38.8 Å². The summed E-state index contributed by atoms with van der Waals surface area (Å²) >= 11 is 0. The molecule has 0 saturated carbocycles. The fourth-order valence-corrected chi connectivity index (χ4v) is 4.77. The summed E-state index contributed by atoms with van der Waals surface area (Å²) in [6.07, 6.45) is 4.16. The number of nitrogens with one attached hydrogen (secondary N) is 1. The average Bonchev–Trinajstić information content (AvgIpc) is 2.90. The van der Waals surface area contributed by atoms with Crippen molar-refractivity contribution in [2.75, 3.05) is 11.5 Å². The van der Waals surface area contributed by atoms with Crippen molar-refractivity contribution in [3.8, 4) is 0 Å². The predicted octanol–water partition coefficient (Wildman–Crippen LogP) is 0.0572. The first-order chi connectivity index (χ1) is 9.43. The molecule has 2 aliphatic rings. The van der Waals surface area contributed by atoms with Crippen LogP contribution in [0, 0.1) is 12.8 Å². The third-order valence-corrected chi connectivity index (χ3v) is 5.83. The molecule has 0 aromatic carbocycles. The molecule has 0 spiro atoms. The molecule has 1 N–H and O–H groups in total. The molecule has 3 rings (SSSR count). The van der Waals surface area contributed by atoms with Gasteiger partial charge in [0.05, 0.1) is 23.1 Å². The Labute approximate surface area is 118 Å². The van der Waals surface area contributed by atoms with E-state index in [2.05, 4.69) is 14.9 Å². The Morgan fingerprint density at radius 2 is 2.25 bits per heavy atom. The van der Waals surface area contributed by atoms with Gasteiger partial charge in [0.1, 0.15) is 5.82 Å². The summed E-state index contributed by atoms with van der Waals surface area (Å²) in [7, 11) is -3.00. The number of hydrogen-bond donors (Lipinski definition) is 1. The number of amides is 1. The number of rotatable bonds is 2. The van der Waals surface area contributed by atoms with Crippen LogP contribution in [0.4, 0.5) is 0 Å². The van der Waals surface area contributed by atoms with E-state index in [0.717, 1.165) is 30.9 Å². The summed E-state index contributed by atoms with van der Waals surface area (Å²) in [5, 5.41) is 3.00. The molecule has 6 nitrogen and oxygen atoms in total. The largest absolute Gasteiger partial charge is 0.351 e. The van der Waals surface area contributed by atoms with Crippen LogP contribution >= 0.6 is 0 Å². The van der Waals surface area contributed by atoms with Crippen molar-refractivity contribution in [3.63, 3.8) is 0 Å². The van der Waals surface area contributed by atoms with Gasteiger partial charge in [-0.15, -0.1) is 0 Å². The maximum Gasteiger partial charge on any atom is 0.224 e. The van der Waals surface area contributed by atoms with Crippen LogP contribution in [0.5, 0.6) is 0 Å². The van der Waals surface area contributed by atoms with E-state index < -0.39 is 9.84 Å². The van der Waals surface area contributed by atoms with Crippen LogP contribution in [-0.4, -0.2) is 41.4 Å². The van der Waals surface area contributed by atoms with Gasteiger partial charge in [0.15, 0.2) is 9.84 Å². The second-order valence-corrected chi connectivity index (χ2v) is 8.02. The normalized spacial score (nSPS) is 28.1. The number of carbonyl (C=O) groups excluding carboxylic acids is 1. The van der Waals surface area contributed by atoms with Crippen LogP contribution in [0.3, 0.4) is 0 Å². The van der Waals surface area contributed by atoms with Gasteiger partial charge in [-0.2, -0.15) is 0 Å². The molecule has 7 heteroatoms. The van der Waals surface area contributed by atoms with E-state index in [4.69, 9.17) is 0 Å². The van der Waals surface area contributed by atoms with Crippen LogP contribution < -0.4 is 5.32 Å². The minimum atomic E-state index is -3.00. The third-order valence-electron chi connectivity index (χ3n) is 4.06. The Balaban J connectivity index is 1.61. The van der Waals surface area contributed by atoms with Gasteiger partial charge in [0.2, 0.25) is 5.91 Å². The molecule has 1 aromatic rings. The van der Waals surface area contributed by atoms with Gasteiger partial charge in [0.25, 0.3) is 0 Å². The quantitative estimate of drug-likeness (QED) is 0.837. The van der Waals surface area contributed by atoms with Gasteiger partial charge >= 0.3 is 0 Å². The Kier molecular flexibility index (Phi) is 3.32. The van der Waals surface area contributed by atoms with Crippen molar-refractivity contribution in [1.29, 1.82) is 0 Å². The first-order valence-electron chi connectivity index (χ1n) is 6.96. The smallest absolute Gasteiger partial charge is 0.224 e. The van der Waals surface area contributed by atoms with Crippen molar-refractivity contribution in [2.24, 2.45) is 5.92 Å². The zero-order chi connectivity index (χ0) is 14.3. The molecular weight excluding hydrogens is 278 g/mol. The summed E-state index contributed by atoms with van der Waals surface area (Å²) in [5.41, 5.74) is 0.994. The maximum atomic E-state index is 12.1. The molecule has 0 radical (unpaired) electrons. The summed E-state index contributed by atoms with van der Waals surface area (Å²) in [4.78, 5) is 16.6. The molecule has 0 aliphatic carbocycles. The lowest BCUT2D eigenvalue weighted by molar-refractivity contribution is -0.125. The first kappa shape index (κ1) is 13.6. The van der Waals surface area contributed by atoms with Crippen molar-refractivity contribution < 1.29 is 13.2 Å². The Bertz CT molecular complexity index is 635. The van der Waals surface area contributed by atoms with Gasteiger partial charge in [0, 0.05) is 25.2 Å². The van der Waals surface area contributed by atoms with E-state index in [-0.39, 0.29) is 29.4 Å². The third kappa shape index (κ3) is 2.72. The summed E-state index contributed by atoms with van der Waals surface area (Å²) in [6, 6.07) is 0.0758. The van der Waals surface area contributed by atoms with E-state index in [1.807, 2.05) is 13.1 Å². The predicted molar refractivity (Wildman–Crippen MR) is 74.0 cm³/mol. The molecule has 2 unspecified atom stereocenters. The van der Waals surface area contributed by atoms with Gasteiger partial charge in [-0.25, -0.2) is 13.4 Å². The molecule has 1 saturated heterocycles. The van der Waals surface area contributed by atoms with Gasteiger partial charge in [-0.3, -0.25) is 4.79 Å². The number of nitrogens with zero attached hydrogens (tertiary/aromatic N) is 2. The molecule has 1 fully saturated rings. The molecule has 3 heterocycles. The molecule has 1 amide bonds. The fourth-order valence-electron chi connectivity index (χ4n) is 3.02. The summed E-state index contributed by atoms with van der Waals surface area (Å²) in [5.74, 6) is 0.723. The van der Waals surface area contributed by atoms with Crippen LogP contribution in [0.15, 0.2) is 6.20 Å². The van der Waals surface area contributed by atoms with Gasteiger partial charge < -0.3 is 9.88 Å². The van der Waals surface area contributed by atoms with E-state index in [9.17, 15) is 13.2 Å². The zero-order valence-corrected chi connectivity index (χ0v) is 12.3. The van der Waals surface area contributed by atoms with Crippen molar-refractivity contribution >= 4 is 15.7 Å². The average molecular weight is 297 g/mol. The number of imidazole rings is 1. The monoisotopic (exact) mass is 297 g/mol. The van der Waals surface area contributed by atoms with Crippen molar-refractivity contribution in [1.82, 2.24) is 14.9 Å². The lowest BCUT2D eigenvalue weighted by Gasteiger charge is -2.25. The van der Waals surface area contributed by atoms with Crippen LogP contribution in [0.2, 0.25) is 0 Å². The second kappa shape index (κ2) is 4.87. The van der Waals surface area contributed by atoms with Gasteiger partial charge in [-0.05, 0) is 19.8 Å². The maximum absolute atomic E-state index is 12.1. The van der Waals surface area contributed by atoms with E-state index in [1.54, 1.807) is 0 Å². The summed E-state index contributed by atoms with van der Waals surface area (Å²) in [6.45, 7) is 2.68. The first-order valence-corrected chi connectivity index (χ1v) is 8.78. The highest BCUT2D eigenvalue weighted by Gasteiger charge is 2.34. The molecule has 20 heavy (non-hydrogen) atoms. The molecular formula is C13H19N3O3S. The molecule has 1 aromatic heterocycles. The van der Waals surface area contributed by atoms with E-state index >= 15 is 0 Å². The Morgan fingerprint density at radius 3 is 2.95 bits per heavy atom. The minimum Gasteiger partial charge on any atom is -0.351 e. The zero-order valence-electron chi connectivity index (χ0n) is 11.5. The summed E-state index contributed by atoms with van der Waals surface area (Å²) < 4.78 is 24.9. The van der Waals surface area contributed by atoms with Crippen LogP contribution in [0.1, 0.15) is 24.4 Å². The second-order valence-electron chi connectivity index (χ2n) is 5.80. The number of carbonyl (C=O) groups is 1. The van der Waals surface area contributed by atoms with E-state index in [0.29, 0.717) is 6.42 Å². The van der Waals surface area contributed by atoms with Crippen molar-refractivity contribution in [3.05, 3.63) is 17.7 Å². The highest BCUT2D eigenvalue weighted by molar-refractivity contribution is 7.91. The Morgan fingerprint density at radius 1 is 1.45 bits per heavy atom. The molecule has 2 aliphatic heterocycles. The van der Waals surface area contributed by atoms with Crippen LogP contribution in [0.25, 0.3) is 0 Å². The van der Waals surface area contributed by atoms with E-state index in [1.165, 1.54) is 0 Å². The highest BCUT2D eigenvalue weighted by atomic mass is 32.2. The lowest BCUT2D eigenvalue weighted by Crippen LogP contribution is -2.43. The number of fused-ring (bicyclic) bond motifs is 1. The number of hydrogen-bond acceptors (Lipinski definition) is 4. The lowest BCUT2D eigenvalue weighted by atomic mass is 10.0. The SMILES string of the molecule is Cc1cn2c(n1)CCC(NC(=O)C1CCS(=O)(=O)C1)C2. The number of aromatic nitrogens is 2. The molecule has 0 bridgehead atoms. The number of sulfone groups is 1. The highest BCUT2D eigenvalue weighted by Crippen LogP contribution is 2.20. The standard InChI is InChI=1S/C13H19N3O3S/c1-9-6-16-7-11(2-3-12(16)14-9)15-13(17)10-4-5-20(18,19)8-10/h6,10-11H,2-5,7-8H2,1H3,(H,15,17). The molecule has 2 atom stereocenters. The topological polar surface area (TPSA) is 81.1 Å². The number of aryl methyl sites for hydroxylation is 2. The van der Waals surface area contributed by atoms with Crippen LogP contribution in [-0.2, 0) is 27.6 Å². The van der Waals surface area contributed by atoms with Gasteiger partial charge in [-0.1, -0.05) is 0 Å². The Hall–Kier alpha value is -1.37. The fraction of sp³-hybridized carbons (Fsp3) is 0.692. The minimum absolute atomic E-state index is 0.000979.